The third-order valence-electron chi connectivity index (χ3n) is 2.13. The zero-order valence-electron chi connectivity index (χ0n) is 8.54. The second kappa shape index (κ2) is 4.83. The van der Waals surface area contributed by atoms with Crippen LogP contribution in [0.4, 0.5) is 8.78 Å². The van der Waals surface area contributed by atoms with E-state index in [1.807, 2.05) is 0 Å². The molecule has 1 unspecified atom stereocenters. The van der Waals surface area contributed by atoms with Crippen LogP contribution in [0.5, 0.6) is 0 Å². The Labute approximate surface area is 90.7 Å². The summed E-state index contributed by atoms with van der Waals surface area (Å²) in [7, 11) is 0. The van der Waals surface area contributed by atoms with Crippen LogP contribution in [0, 0.1) is 17.6 Å². The highest BCUT2D eigenvalue weighted by Gasteiger charge is 2.19. The van der Waals surface area contributed by atoms with Crippen molar-refractivity contribution in [1.82, 2.24) is 0 Å². The van der Waals surface area contributed by atoms with Gasteiger partial charge in [-0.15, -0.1) is 0 Å². The standard InChI is InChI=1S/C11H10F2O3/c1-6(4-10(14)15)11(16)7-2-3-8(12)9(13)5-7/h2-3,5-6H,4H2,1H3,(H,14,15). The van der Waals surface area contributed by atoms with Gasteiger partial charge in [-0.05, 0) is 18.2 Å². The van der Waals surface area contributed by atoms with Gasteiger partial charge in [0.2, 0.25) is 0 Å². The molecule has 0 aromatic heterocycles. The Bertz CT molecular complexity index is 429. The fourth-order valence-corrected chi connectivity index (χ4v) is 1.29. The Hall–Kier alpha value is -1.78. The predicted octanol–water partition coefficient (Wildman–Crippen LogP) is 2.26. The minimum atomic E-state index is -1.12. The third kappa shape index (κ3) is 2.85. The number of benzene rings is 1. The quantitative estimate of drug-likeness (QED) is 0.804. The van der Waals surface area contributed by atoms with Crippen LogP contribution in [-0.4, -0.2) is 16.9 Å². The lowest BCUT2D eigenvalue weighted by Crippen LogP contribution is -2.15. The van der Waals surface area contributed by atoms with Crippen LogP contribution >= 0.6 is 0 Å². The largest absolute Gasteiger partial charge is 0.481 e. The van der Waals surface area contributed by atoms with Gasteiger partial charge in [0.25, 0.3) is 0 Å². The van der Waals surface area contributed by atoms with Crippen molar-refractivity contribution in [1.29, 1.82) is 0 Å². The van der Waals surface area contributed by atoms with Gasteiger partial charge in [0.05, 0.1) is 6.42 Å². The lowest BCUT2D eigenvalue weighted by Gasteiger charge is -2.07. The first-order valence-electron chi connectivity index (χ1n) is 4.63. The van der Waals surface area contributed by atoms with Gasteiger partial charge in [-0.2, -0.15) is 0 Å². The Kier molecular flexibility index (Phi) is 3.71. The van der Waals surface area contributed by atoms with Crippen LogP contribution in [0.1, 0.15) is 23.7 Å². The average molecular weight is 228 g/mol. The van der Waals surface area contributed by atoms with Gasteiger partial charge in [0.1, 0.15) is 0 Å². The van der Waals surface area contributed by atoms with Crippen molar-refractivity contribution in [3.8, 4) is 0 Å². The van der Waals surface area contributed by atoms with Crippen LogP contribution < -0.4 is 0 Å². The molecule has 0 radical (unpaired) electrons. The molecule has 0 aliphatic heterocycles. The second-order valence-corrected chi connectivity index (χ2v) is 3.49. The molecule has 1 N–H and O–H groups in total. The van der Waals surface area contributed by atoms with Gasteiger partial charge in [0.15, 0.2) is 17.4 Å². The summed E-state index contributed by atoms with van der Waals surface area (Å²) in [6.45, 7) is 1.43. The van der Waals surface area contributed by atoms with Crippen molar-refractivity contribution in [3.63, 3.8) is 0 Å². The van der Waals surface area contributed by atoms with Gasteiger partial charge in [-0.3, -0.25) is 9.59 Å². The lowest BCUT2D eigenvalue weighted by molar-refractivity contribution is -0.137. The second-order valence-electron chi connectivity index (χ2n) is 3.49. The molecule has 0 aliphatic carbocycles. The van der Waals surface area contributed by atoms with Crippen molar-refractivity contribution in [2.45, 2.75) is 13.3 Å². The predicted molar refractivity (Wildman–Crippen MR) is 52.1 cm³/mol. The van der Waals surface area contributed by atoms with Crippen molar-refractivity contribution >= 4 is 11.8 Å². The van der Waals surface area contributed by atoms with E-state index in [2.05, 4.69) is 0 Å². The van der Waals surface area contributed by atoms with Gasteiger partial charge < -0.3 is 5.11 Å². The summed E-state index contributed by atoms with van der Waals surface area (Å²) in [5, 5.41) is 8.49. The normalized spacial score (nSPS) is 12.2. The minimum absolute atomic E-state index is 0.0207. The molecule has 3 nitrogen and oxygen atoms in total. The van der Waals surface area contributed by atoms with Crippen LogP contribution in [-0.2, 0) is 4.79 Å². The topological polar surface area (TPSA) is 54.4 Å². The van der Waals surface area contributed by atoms with E-state index in [4.69, 9.17) is 5.11 Å². The van der Waals surface area contributed by atoms with Gasteiger partial charge >= 0.3 is 5.97 Å². The summed E-state index contributed by atoms with van der Waals surface area (Å²) in [5.74, 6) is -4.54. The molecule has 1 aromatic rings. The summed E-state index contributed by atoms with van der Waals surface area (Å²) in [6.07, 6.45) is -0.335. The fourth-order valence-electron chi connectivity index (χ4n) is 1.29. The molecule has 0 spiro atoms. The number of hydrogen-bond donors (Lipinski definition) is 1. The first-order chi connectivity index (χ1) is 7.41. The number of carboxylic acids is 1. The highest BCUT2D eigenvalue weighted by atomic mass is 19.2. The summed E-state index contributed by atoms with van der Waals surface area (Å²) in [4.78, 5) is 22.0. The van der Waals surface area contributed by atoms with Crippen molar-refractivity contribution in [3.05, 3.63) is 35.4 Å². The first-order valence-corrected chi connectivity index (χ1v) is 4.63. The fraction of sp³-hybridized carbons (Fsp3) is 0.273. The van der Waals surface area contributed by atoms with E-state index < -0.39 is 29.3 Å². The monoisotopic (exact) mass is 228 g/mol. The zero-order chi connectivity index (χ0) is 12.3. The number of rotatable bonds is 4. The molecule has 0 bridgehead atoms. The summed E-state index contributed by atoms with van der Waals surface area (Å²) in [6, 6.07) is 2.76. The smallest absolute Gasteiger partial charge is 0.304 e. The molecule has 5 heteroatoms. The SMILES string of the molecule is CC(CC(=O)O)C(=O)c1ccc(F)c(F)c1. The average Bonchev–Trinajstić information content (AvgIpc) is 2.20. The van der Waals surface area contributed by atoms with E-state index in [1.165, 1.54) is 6.92 Å². The number of carbonyl (C=O) groups is 2. The zero-order valence-corrected chi connectivity index (χ0v) is 8.54. The Balaban J connectivity index is 2.88. The Morgan fingerprint density at radius 1 is 1.31 bits per heavy atom. The van der Waals surface area contributed by atoms with E-state index in [1.54, 1.807) is 0 Å². The number of Topliss-reactive ketones (excluding diaryl/α,β-unsaturated/α-hetero) is 1. The molecule has 0 fully saturated rings. The summed E-state index contributed by atoms with van der Waals surface area (Å²) in [5.41, 5.74) is -0.0207. The van der Waals surface area contributed by atoms with E-state index in [0.29, 0.717) is 0 Å². The number of carboxylic acid groups (broad SMARTS) is 1. The van der Waals surface area contributed by atoms with Crippen LogP contribution in [0.3, 0.4) is 0 Å². The molecule has 86 valence electrons. The number of halogens is 2. The molecule has 1 rings (SSSR count). The van der Waals surface area contributed by atoms with E-state index >= 15 is 0 Å². The van der Waals surface area contributed by atoms with Crippen molar-refractivity contribution in [2.24, 2.45) is 5.92 Å². The van der Waals surface area contributed by atoms with Gasteiger partial charge in [-0.25, -0.2) is 8.78 Å². The molecule has 1 aromatic carbocycles. The summed E-state index contributed by atoms with van der Waals surface area (Å²) < 4.78 is 25.4. The van der Waals surface area contributed by atoms with Crippen LogP contribution in [0.2, 0.25) is 0 Å². The maximum Gasteiger partial charge on any atom is 0.304 e. The van der Waals surface area contributed by atoms with E-state index in [9.17, 15) is 18.4 Å². The van der Waals surface area contributed by atoms with Crippen LogP contribution in [0.25, 0.3) is 0 Å². The maximum atomic E-state index is 12.8. The number of aliphatic carboxylic acids is 1. The number of hydrogen-bond acceptors (Lipinski definition) is 2. The molecular weight excluding hydrogens is 218 g/mol. The van der Waals surface area contributed by atoms with E-state index in [-0.39, 0.29) is 12.0 Å². The minimum Gasteiger partial charge on any atom is -0.481 e. The van der Waals surface area contributed by atoms with Crippen molar-refractivity contribution in [2.75, 3.05) is 0 Å². The molecule has 16 heavy (non-hydrogen) atoms. The molecule has 0 saturated heterocycles. The Morgan fingerprint density at radius 3 is 2.44 bits per heavy atom. The highest BCUT2D eigenvalue weighted by Crippen LogP contribution is 2.15. The molecule has 1 atom stereocenters. The molecule has 0 saturated carbocycles. The third-order valence-corrected chi connectivity index (χ3v) is 2.13. The molecule has 0 aliphatic rings. The van der Waals surface area contributed by atoms with Crippen LogP contribution in [0.15, 0.2) is 18.2 Å². The maximum absolute atomic E-state index is 12.8. The van der Waals surface area contributed by atoms with E-state index in [0.717, 1.165) is 18.2 Å². The summed E-state index contributed by atoms with van der Waals surface area (Å²) >= 11 is 0. The molecule has 0 amide bonds. The number of carbonyl (C=O) groups excluding carboxylic acids is 1. The van der Waals surface area contributed by atoms with Gasteiger partial charge in [-0.1, -0.05) is 6.92 Å². The number of ketones is 1. The first kappa shape index (κ1) is 12.3. The highest BCUT2D eigenvalue weighted by molar-refractivity contribution is 5.99. The Morgan fingerprint density at radius 2 is 1.94 bits per heavy atom. The molecule has 0 heterocycles. The van der Waals surface area contributed by atoms with Gasteiger partial charge in [0, 0.05) is 11.5 Å². The van der Waals surface area contributed by atoms with Crippen molar-refractivity contribution < 1.29 is 23.5 Å². The molecular formula is C11H10F2O3. The lowest BCUT2D eigenvalue weighted by atomic mass is 9.96.